The van der Waals surface area contributed by atoms with E-state index in [-0.39, 0.29) is 0 Å². The standard InChI is InChI=1S/C17H22O2/c1-2-7-15(8-3-1)10-11-16-9-6-13-17(19-16)12-4-5-14-18-17/h1-3,6-8,13,16H,4-5,9-12,14H2/t16-,17-/m0/s1. The van der Waals surface area contributed by atoms with Crippen molar-refractivity contribution >= 4 is 0 Å². The van der Waals surface area contributed by atoms with Gasteiger partial charge in [0.05, 0.1) is 12.7 Å². The summed E-state index contributed by atoms with van der Waals surface area (Å²) in [6.45, 7) is 0.829. The molecule has 0 aliphatic carbocycles. The Labute approximate surface area is 115 Å². The average molecular weight is 258 g/mol. The minimum Gasteiger partial charge on any atom is -0.346 e. The number of hydrogen-bond acceptors (Lipinski definition) is 2. The van der Waals surface area contributed by atoms with Crippen molar-refractivity contribution in [3.63, 3.8) is 0 Å². The molecule has 2 heterocycles. The lowest BCUT2D eigenvalue weighted by molar-refractivity contribution is -0.250. The molecular weight excluding hydrogens is 236 g/mol. The third-order valence-electron chi connectivity index (χ3n) is 4.00. The maximum Gasteiger partial charge on any atom is 0.188 e. The van der Waals surface area contributed by atoms with Crippen LogP contribution in [0.15, 0.2) is 42.5 Å². The zero-order valence-electron chi connectivity index (χ0n) is 11.4. The van der Waals surface area contributed by atoms with Crippen LogP contribution in [0.1, 0.15) is 37.7 Å². The van der Waals surface area contributed by atoms with Crippen LogP contribution in [0.3, 0.4) is 0 Å². The van der Waals surface area contributed by atoms with Crippen molar-refractivity contribution in [2.75, 3.05) is 6.61 Å². The van der Waals surface area contributed by atoms with E-state index in [0.717, 1.165) is 38.7 Å². The molecule has 0 amide bonds. The first-order valence-corrected chi connectivity index (χ1v) is 7.40. The highest BCUT2D eigenvalue weighted by atomic mass is 16.7. The van der Waals surface area contributed by atoms with Crippen LogP contribution in [-0.2, 0) is 15.9 Å². The lowest BCUT2D eigenvalue weighted by atomic mass is 9.98. The highest BCUT2D eigenvalue weighted by Gasteiger charge is 2.36. The Hall–Kier alpha value is -1.12. The van der Waals surface area contributed by atoms with Gasteiger partial charge in [-0.3, -0.25) is 0 Å². The molecule has 2 heteroatoms. The van der Waals surface area contributed by atoms with Gasteiger partial charge in [0.2, 0.25) is 0 Å². The van der Waals surface area contributed by atoms with Gasteiger partial charge < -0.3 is 9.47 Å². The molecule has 0 N–H and O–H groups in total. The van der Waals surface area contributed by atoms with E-state index < -0.39 is 5.79 Å². The van der Waals surface area contributed by atoms with Crippen LogP contribution in [0.5, 0.6) is 0 Å². The van der Waals surface area contributed by atoms with Crippen LogP contribution in [0.2, 0.25) is 0 Å². The molecule has 2 aliphatic rings. The lowest BCUT2D eigenvalue weighted by Gasteiger charge is -2.40. The van der Waals surface area contributed by atoms with Crippen LogP contribution in [0.25, 0.3) is 0 Å². The number of hydrogen-bond donors (Lipinski definition) is 0. The van der Waals surface area contributed by atoms with Gasteiger partial charge in [0.25, 0.3) is 0 Å². The van der Waals surface area contributed by atoms with Gasteiger partial charge in [0, 0.05) is 6.42 Å². The number of ether oxygens (including phenoxy) is 2. The first-order valence-electron chi connectivity index (χ1n) is 7.40. The van der Waals surface area contributed by atoms with Crippen LogP contribution in [-0.4, -0.2) is 18.5 Å². The van der Waals surface area contributed by atoms with E-state index in [1.54, 1.807) is 0 Å². The molecule has 102 valence electrons. The third kappa shape index (κ3) is 3.26. The van der Waals surface area contributed by atoms with Crippen molar-refractivity contribution in [3.8, 4) is 0 Å². The molecule has 1 saturated heterocycles. The van der Waals surface area contributed by atoms with Crippen molar-refractivity contribution in [2.45, 2.75) is 50.4 Å². The summed E-state index contributed by atoms with van der Waals surface area (Å²) in [7, 11) is 0. The summed E-state index contributed by atoms with van der Waals surface area (Å²) in [5, 5.41) is 0. The van der Waals surface area contributed by atoms with E-state index in [4.69, 9.17) is 9.47 Å². The van der Waals surface area contributed by atoms with Gasteiger partial charge in [-0.25, -0.2) is 0 Å². The third-order valence-corrected chi connectivity index (χ3v) is 4.00. The van der Waals surface area contributed by atoms with Gasteiger partial charge in [-0.05, 0) is 43.7 Å². The van der Waals surface area contributed by atoms with Gasteiger partial charge in [0.15, 0.2) is 5.79 Å². The maximum absolute atomic E-state index is 6.23. The van der Waals surface area contributed by atoms with E-state index >= 15 is 0 Å². The molecule has 3 rings (SSSR count). The number of aryl methyl sites for hydroxylation is 1. The molecule has 0 bridgehead atoms. The monoisotopic (exact) mass is 258 g/mol. The second kappa shape index (κ2) is 5.89. The second-order valence-corrected chi connectivity index (χ2v) is 5.52. The van der Waals surface area contributed by atoms with Crippen molar-refractivity contribution in [1.82, 2.24) is 0 Å². The fourth-order valence-electron chi connectivity index (χ4n) is 2.93. The smallest absolute Gasteiger partial charge is 0.188 e. The molecule has 0 unspecified atom stereocenters. The van der Waals surface area contributed by atoms with E-state index in [9.17, 15) is 0 Å². The van der Waals surface area contributed by atoms with Gasteiger partial charge in [0.1, 0.15) is 0 Å². The van der Waals surface area contributed by atoms with E-state index in [1.807, 2.05) is 0 Å². The summed E-state index contributed by atoms with van der Waals surface area (Å²) in [4.78, 5) is 0. The molecule has 1 fully saturated rings. The normalized spacial score (nSPS) is 30.6. The topological polar surface area (TPSA) is 18.5 Å². The van der Waals surface area contributed by atoms with Crippen LogP contribution in [0.4, 0.5) is 0 Å². The summed E-state index contributed by atoms with van der Waals surface area (Å²) in [5.41, 5.74) is 1.39. The second-order valence-electron chi connectivity index (χ2n) is 5.52. The molecule has 0 aromatic heterocycles. The van der Waals surface area contributed by atoms with Crippen LogP contribution >= 0.6 is 0 Å². The van der Waals surface area contributed by atoms with Crippen molar-refractivity contribution < 1.29 is 9.47 Å². The predicted molar refractivity (Wildman–Crippen MR) is 75.9 cm³/mol. The Kier molecular flexibility index (Phi) is 4.00. The largest absolute Gasteiger partial charge is 0.346 e. The summed E-state index contributed by atoms with van der Waals surface area (Å²) in [6.07, 6.45) is 11.2. The van der Waals surface area contributed by atoms with E-state index in [2.05, 4.69) is 42.5 Å². The molecule has 2 atom stereocenters. The minimum atomic E-state index is -0.405. The summed E-state index contributed by atoms with van der Waals surface area (Å²) in [5.74, 6) is -0.405. The van der Waals surface area contributed by atoms with Crippen molar-refractivity contribution in [1.29, 1.82) is 0 Å². The van der Waals surface area contributed by atoms with Gasteiger partial charge >= 0.3 is 0 Å². The Morgan fingerprint density at radius 2 is 2.05 bits per heavy atom. The maximum atomic E-state index is 6.23. The van der Waals surface area contributed by atoms with E-state index in [0.29, 0.717) is 6.10 Å². The van der Waals surface area contributed by atoms with Crippen LogP contribution in [0, 0.1) is 0 Å². The number of benzene rings is 1. The Balaban J connectivity index is 1.56. The zero-order valence-corrected chi connectivity index (χ0v) is 11.4. The Morgan fingerprint density at radius 1 is 1.16 bits per heavy atom. The molecule has 1 spiro atoms. The summed E-state index contributed by atoms with van der Waals surface area (Å²) < 4.78 is 12.1. The van der Waals surface area contributed by atoms with Gasteiger partial charge in [-0.1, -0.05) is 36.4 Å². The molecule has 1 aromatic carbocycles. The highest BCUT2D eigenvalue weighted by Crippen LogP contribution is 2.33. The molecule has 19 heavy (non-hydrogen) atoms. The highest BCUT2D eigenvalue weighted by molar-refractivity contribution is 5.15. The Morgan fingerprint density at radius 3 is 2.84 bits per heavy atom. The first kappa shape index (κ1) is 12.9. The zero-order chi connectivity index (χ0) is 13.0. The SMILES string of the molecule is C1=C[C@]2(CCCCO2)O[C@H](CCc2ccccc2)C1. The fraction of sp³-hybridized carbons (Fsp3) is 0.529. The fourth-order valence-corrected chi connectivity index (χ4v) is 2.93. The molecular formula is C17H22O2. The quantitative estimate of drug-likeness (QED) is 0.766. The van der Waals surface area contributed by atoms with Crippen LogP contribution < -0.4 is 0 Å². The Bertz CT molecular complexity index is 418. The molecule has 0 saturated carbocycles. The van der Waals surface area contributed by atoms with E-state index in [1.165, 1.54) is 12.0 Å². The molecule has 2 aliphatic heterocycles. The minimum absolute atomic E-state index is 0.295. The molecule has 1 aromatic rings. The first-order chi connectivity index (χ1) is 9.36. The molecule has 0 radical (unpaired) electrons. The van der Waals surface area contributed by atoms with Gasteiger partial charge in [-0.15, -0.1) is 0 Å². The van der Waals surface area contributed by atoms with Crippen molar-refractivity contribution in [2.24, 2.45) is 0 Å². The predicted octanol–water partition coefficient (Wildman–Crippen LogP) is 3.86. The summed E-state index contributed by atoms with van der Waals surface area (Å²) >= 11 is 0. The summed E-state index contributed by atoms with van der Waals surface area (Å²) in [6, 6.07) is 10.6. The molecule has 2 nitrogen and oxygen atoms in total. The number of rotatable bonds is 3. The lowest BCUT2D eigenvalue weighted by Crippen LogP contribution is -2.42. The van der Waals surface area contributed by atoms with Gasteiger partial charge in [-0.2, -0.15) is 0 Å². The average Bonchev–Trinajstić information content (AvgIpc) is 2.47. The van der Waals surface area contributed by atoms with Crippen molar-refractivity contribution in [3.05, 3.63) is 48.0 Å².